The minimum absolute atomic E-state index is 0.0139. The van der Waals surface area contributed by atoms with E-state index in [0.717, 1.165) is 27.7 Å². The van der Waals surface area contributed by atoms with Crippen molar-refractivity contribution in [3.63, 3.8) is 0 Å². The largest absolute Gasteiger partial charge is 0.482 e. The van der Waals surface area contributed by atoms with E-state index in [9.17, 15) is 14.4 Å². The number of hydrogen-bond acceptors (Lipinski definition) is 5. The number of aromatic amines is 1. The number of H-pyrrole nitrogens is 1. The van der Waals surface area contributed by atoms with E-state index in [0.29, 0.717) is 29.8 Å². The molecule has 0 bridgehead atoms. The minimum atomic E-state index is -0.638. The van der Waals surface area contributed by atoms with Gasteiger partial charge < -0.3 is 19.8 Å². The number of rotatable bonds is 7. The fourth-order valence-electron chi connectivity index (χ4n) is 4.10. The van der Waals surface area contributed by atoms with Crippen molar-refractivity contribution in [2.24, 2.45) is 0 Å². The average Bonchev–Trinajstić information content (AvgIpc) is 3.26. The molecule has 2 N–H and O–H groups in total. The second-order valence-electron chi connectivity index (χ2n) is 8.03. The number of anilines is 1. The zero-order valence-corrected chi connectivity index (χ0v) is 18.3. The van der Waals surface area contributed by atoms with Gasteiger partial charge in [0, 0.05) is 23.0 Å². The van der Waals surface area contributed by atoms with Crippen molar-refractivity contribution in [1.29, 1.82) is 0 Å². The number of aryl methyl sites for hydroxylation is 1. The Bertz CT molecular complexity index is 1390. The van der Waals surface area contributed by atoms with Gasteiger partial charge in [0.25, 0.3) is 0 Å². The van der Waals surface area contributed by atoms with E-state index in [4.69, 9.17) is 9.47 Å². The van der Waals surface area contributed by atoms with Crippen LogP contribution in [0.25, 0.3) is 22.2 Å². The topological polar surface area (TPSA) is 97.5 Å². The first-order valence-electron chi connectivity index (χ1n) is 11.0. The number of fused-ring (bicyclic) bond motifs is 2. The van der Waals surface area contributed by atoms with Crippen LogP contribution in [-0.2, 0) is 20.7 Å². The van der Waals surface area contributed by atoms with E-state index in [1.807, 2.05) is 54.6 Å². The predicted molar refractivity (Wildman–Crippen MR) is 128 cm³/mol. The maximum Gasteiger partial charge on any atom is 0.344 e. The molecule has 0 unspecified atom stereocenters. The van der Waals surface area contributed by atoms with Crippen molar-refractivity contribution in [2.75, 3.05) is 18.5 Å². The average molecular weight is 454 g/mol. The number of hydrogen-bond donors (Lipinski definition) is 2. The molecule has 0 aliphatic carbocycles. The molecule has 5 rings (SSSR count). The SMILES string of the molecule is O=C1CCc2cc(OCC(=O)OCC(=O)c3c(-c4ccccc4)[nH]c4ccccc34)ccc2N1. The monoisotopic (exact) mass is 454 g/mol. The Morgan fingerprint density at radius 1 is 0.882 bits per heavy atom. The van der Waals surface area contributed by atoms with Crippen molar-refractivity contribution >= 4 is 34.3 Å². The second-order valence-corrected chi connectivity index (χ2v) is 8.03. The number of ether oxygens (including phenoxy) is 2. The molecule has 0 fully saturated rings. The number of para-hydroxylation sites is 1. The molecule has 0 saturated carbocycles. The third-order valence-electron chi connectivity index (χ3n) is 5.74. The number of amides is 1. The van der Waals surface area contributed by atoms with Crippen LogP contribution in [0.2, 0.25) is 0 Å². The van der Waals surface area contributed by atoms with E-state index in [1.165, 1.54) is 0 Å². The molecule has 0 atom stereocenters. The Labute approximate surface area is 195 Å². The van der Waals surface area contributed by atoms with Gasteiger partial charge in [-0.25, -0.2) is 4.79 Å². The van der Waals surface area contributed by atoms with Crippen molar-refractivity contribution in [1.82, 2.24) is 4.98 Å². The van der Waals surface area contributed by atoms with Crippen molar-refractivity contribution < 1.29 is 23.9 Å². The normalized spacial score (nSPS) is 12.6. The van der Waals surface area contributed by atoms with E-state index < -0.39 is 5.97 Å². The predicted octanol–water partition coefficient (Wildman–Crippen LogP) is 4.52. The van der Waals surface area contributed by atoms with Gasteiger partial charge in [0.2, 0.25) is 11.7 Å². The van der Waals surface area contributed by atoms with Gasteiger partial charge in [-0.1, -0.05) is 48.5 Å². The van der Waals surface area contributed by atoms with E-state index >= 15 is 0 Å². The van der Waals surface area contributed by atoms with E-state index in [1.54, 1.807) is 18.2 Å². The fraction of sp³-hybridized carbons (Fsp3) is 0.148. The number of Topliss-reactive ketones (excluding diaryl/α,β-unsaturated/α-hetero) is 1. The number of esters is 1. The number of aromatic nitrogens is 1. The summed E-state index contributed by atoms with van der Waals surface area (Å²) >= 11 is 0. The Balaban J connectivity index is 1.25. The number of carbonyl (C=O) groups excluding carboxylic acids is 3. The lowest BCUT2D eigenvalue weighted by molar-refractivity contribution is -0.144. The third-order valence-corrected chi connectivity index (χ3v) is 5.74. The Morgan fingerprint density at radius 2 is 1.68 bits per heavy atom. The first-order valence-corrected chi connectivity index (χ1v) is 11.0. The fourth-order valence-corrected chi connectivity index (χ4v) is 4.10. The molecule has 7 heteroatoms. The maximum atomic E-state index is 13.1. The van der Waals surface area contributed by atoms with Crippen molar-refractivity contribution in [3.8, 4) is 17.0 Å². The molecule has 1 aromatic heterocycles. The van der Waals surface area contributed by atoms with Crippen LogP contribution in [0.5, 0.6) is 5.75 Å². The van der Waals surface area contributed by atoms with Gasteiger partial charge in [0.15, 0.2) is 13.2 Å². The molecule has 0 saturated heterocycles. The molecule has 34 heavy (non-hydrogen) atoms. The van der Waals surface area contributed by atoms with Crippen molar-refractivity contribution in [2.45, 2.75) is 12.8 Å². The Kier molecular flexibility index (Phi) is 5.82. The van der Waals surface area contributed by atoms with Crippen LogP contribution in [-0.4, -0.2) is 35.9 Å². The molecular formula is C27H22N2O5. The molecule has 0 radical (unpaired) electrons. The van der Waals surface area contributed by atoms with Gasteiger partial charge in [0.05, 0.1) is 11.3 Å². The number of ketones is 1. The lowest BCUT2D eigenvalue weighted by atomic mass is 10.0. The van der Waals surface area contributed by atoms with Crippen LogP contribution in [0.4, 0.5) is 5.69 Å². The third kappa shape index (κ3) is 4.41. The Morgan fingerprint density at radius 3 is 2.53 bits per heavy atom. The summed E-state index contributed by atoms with van der Waals surface area (Å²) < 4.78 is 10.8. The Hall–Kier alpha value is -4.39. The zero-order valence-electron chi connectivity index (χ0n) is 18.3. The molecule has 2 heterocycles. The molecule has 3 aromatic carbocycles. The molecule has 170 valence electrons. The van der Waals surface area contributed by atoms with E-state index in [2.05, 4.69) is 10.3 Å². The molecular weight excluding hydrogens is 432 g/mol. The highest BCUT2D eigenvalue weighted by molar-refractivity contribution is 6.14. The van der Waals surface area contributed by atoms with E-state index in [-0.39, 0.29) is 24.9 Å². The maximum absolute atomic E-state index is 13.1. The van der Waals surface area contributed by atoms with Crippen LogP contribution >= 0.6 is 0 Å². The van der Waals surface area contributed by atoms with Crippen LogP contribution in [0, 0.1) is 0 Å². The van der Waals surface area contributed by atoms with Gasteiger partial charge >= 0.3 is 5.97 Å². The summed E-state index contributed by atoms with van der Waals surface area (Å²) in [6, 6.07) is 22.3. The quantitative estimate of drug-likeness (QED) is 0.316. The summed E-state index contributed by atoms with van der Waals surface area (Å²) in [6.45, 7) is -0.710. The highest BCUT2D eigenvalue weighted by atomic mass is 16.6. The molecule has 1 amide bonds. The van der Waals surface area contributed by atoms with Crippen molar-refractivity contribution in [3.05, 3.63) is 83.9 Å². The van der Waals surface area contributed by atoms with Gasteiger partial charge in [-0.2, -0.15) is 0 Å². The van der Waals surface area contributed by atoms with Gasteiger partial charge in [-0.3, -0.25) is 9.59 Å². The molecule has 7 nitrogen and oxygen atoms in total. The first kappa shape index (κ1) is 21.5. The standard InChI is InChI=1S/C27H22N2O5/c30-23(26-20-8-4-5-9-22(20)29-27(26)17-6-2-1-3-7-17)15-34-25(32)16-33-19-11-12-21-18(14-19)10-13-24(31)28-21/h1-9,11-12,14,29H,10,13,15-16H2,(H,28,31). The van der Waals surface area contributed by atoms with Gasteiger partial charge in [0.1, 0.15) is 5.75 Å². The summed E-state index contributed by atoms with van der Waals surface area (Å²) in [6.07, 6.45) is 1.03. The molecule has 4 aromatic rings. The highest BCUT2D eigenvalue weighted by Crippen LogP contribution is 2.31. The minimum Gasteiger partial charge on any atom is -0.482 e. The summed E-state index contributed by atoms with van der Waals surface area (Å²) in [5.74, 6) is -0.448. The number of nitrogens with one attached hydrogen (secondary N) is 2. The summed E-state index contributed by atoms with van der Waals surface area (Å²) in [5, 5.41) is 3.58. The number of benzene rings is 3. The summed E-state index contributed by atoms with van der Waals surface area (Å²) in [7, 11) is 0. The lowest BCUT2D eigenvalue weighted by Crippen LogP contribution is -2.20. The lowest BCUT2D eigenvalue weighted by Gasteiger charge is -2.17. The molecule has 0 spiro atoms. The zero-order chi connectivity index (χ0) is 23.5. The highest BCUT2D eigenvalue weighted by Gasteiger charge is 2.21. The summed E-state index contributed by atoms with van der Waals surface area (Å²) in [4.78, 5) is 40.2. The first-order chi connectivity index (χ1) is 16.6. The number of carbonyl (C=O) groups is 3. The molecule has 1 aliphatic heterocycles. The molecule has 1 aliphatic rings. The van der Waals surface area contributed by atoms with Crippen LogP contribution in [0.1, 0.15) is 22.3 Å². The van der Waals surface area contributed by atoms with Gasteiger partial charge in [-0.15, -0.1) is 0 Å². The van der Waals surface area contributed by atoms with Crippen LogP contribution < -0.4 is 10.1 Å². The summed E-state index contributed by atoms with van der Waals surface area (Å²) in [5.41, 5.74) is 4.61. The second kappa shape index (κ2) is 9.23. The van der Waals surface area contributed by atoms with Crippen LogP contribution in [0.3, 0.4) is 0 Å². The van der Waals surface area contributed by atoms with Crippen LogP contribution in [0.15, 0.2) is 72.8 Å². The van der Waals surface area contributed by atoms with Gasteiger partial charge in [-0.05, 0) is 41.8 Å². The smallest absolute Gasteiger partial charge is 0.344 e.